The van der Waals surface area contributed by atoms with Gasteiger partial charge < -0.3 is 0 Å². The van der Waals surface area contributed by atoms with Crippen LogP contribution in [0, 0.1) is 18.8 Å². The van der Waals surface area contributed by atoms with Crippen molar-refractivity contribution in [3.05, 3.63) is 28.2 Å². The second-order valence-corrected chi connectivity index (χ2v) is 8.29. The minimum atomic E-state index is -3.41. The molecule has 0 saturated heterocycles. The third kappa shape index (κ3) is 3.03. The van der Waals surface area contributed by atoms with Crippen LogP contribution in [-0.4, -0.2) is 14.5 Å². The molecule has 2 aliphatic rings. The summed E-state index contributed by atoms with van der Waals surface area (Å²) in [6.45, 7) is 1.95. The summed E-state index contributed by atoms with van der Waals surface area (Å²) < 4.78 is 28.6. The predicted octanol–water partition coefficient (Wildman–Crippen LogP) is 3.22. The van der Waals surface area contributed by atoms with E-state index >= 15 is 0 Å². The largest absolute Gasteiger partial charge is 0.241 e. The van der Waals surface area contributed by atoms with E-state index in [0.717, 1.165) is 5.56 Å². The Bertz CT molecular complexity index is 579. The first kappa shape index (κ1) is 13.6. The number of benzene rings is 1. The Balaban J connectivity index is 1.85. The molecule has 104 valence electrons. The van der Waals surface area contributed by atoms with Crippen LogP contribution in [0.2, 0.25) is 0 Å². The van der Waals surface area contributed by atoms with Gasteiger partial charge in [-0.25, -0.2) is 13.1 Å². The van der Waals surface area contributed by atoms with Crippen LogP contribution in [0.5, 0.6) is 0 Å². The summed E-state index contributed by atoms with van der Waals surface area (Å²) in [7, 11) is -3.41. The van der Waals surface area contributed by atoms with Crippen LogP contribution in [0.25, 0.3) is 0 Å². The molecule has 0 unspecified atom stereocenters. The minimum Gasteiger partial charge on any atom is -0.207 e. The van der Waals surface area contributed by atoms with Crippen molar-refractivity contribution in [2.75, 3.05) is 0 Å². The van der Waals surface area contributed by atoms with Crippen LogP contribution in [0.3, 0.4) is 0 Å². The van der Waals surface area contributed by atoms with Crippen LogP contribution in [-0.2, 0) is 10.0 Å². The first-order chi connectivity index (χ1) is 8.97. The van der Waals surface area contributed by atoms with Crippen LogP contribution >= 0.6 is 15.9 Å². The monoisotopic (exact) mass is 343 g/mol. The molecule has 0 bridgehead atoms. The Morgan fingerprint density at radius 2 is 1.79 bits per heavy atom. The van der Waals surface area contributed by atoms with E-state index < -0.39 is 10.0 Å². The highest BCUT2D eigenvalue weighted by Crippen LogP contribution is 2.45. The summed E-state index contributed by atoms with van der Waals surface area (Å²) in [5, 5.41) is 0. The second kappa shape index (κ2) is 4.86. The molecule has 0 aliphatic heterocycles. The van der Waals surface area contributed by atoms with E-state index in [1.165, 1.54) is 25.7 Å². The van der Waals surface area contributed by atoms with Crippen molar-refractivity contribution in [2.45, 2.75) is 43.5 Å². The predicted molar refractivity (Wildman–Crippen MR) is 78.4 cm³/mol. The molecular formula is C14H18BrNO2S. The number of nitrogens with one attached hydrogen (secondary N) is 1. The minimum absolute atomic E-state index is 0.151. The van der Waals surface area contributed by atoms with Gasteiger partial charge in [-0.05, 0) is 78.1 Å². The fourth-order valence-corrected chi connectivity index (χ4v) is 5.12. The van der Waals surface area contributed by atoms with Gasteiger partial charge >= 0.3 is 0 Å². The molecule has 2 saturated carbocycles. The Kier molecular flexibility index (Phi) is 3.48. The lowest BCUT2D eigenvalue weighted by Crippen LogP contribution is -2.38. The van der Waals surface area contributed by atoms with Crippen LogP contribution in [0.15, 0.2) is 27.6 Å². The molecule has 1 N–H and O–H groups in total. The molecule has 5 heteroatoms. The lowest BCUT2D eigenvalue weighted by atomic mass is 10.1. The first-order valence-corrected chi connectivity index (χ1v) is 9.03. The van der Waals surface area contributed by atoms with E-state index in [1.54, 1.807) is 6.07 Å². The SMILES string of the molecule is Cc1ccc(S(=O)(=O)NC(C2CC2)C2CC2)c(Br)c1. The van der Waals surface area contributed by atoms with E-state index in [2.05, 4.69) is 20.7 Å². The van der Waals surface area contributed by atoms with Gasteiger partial charge in [0.15, 0.2) is 0 Å². The summed E-state index contributed by atoms with van der Waals surface area (Å²) in [5.41, 5.74) is 1.05. The average molecular weight is 344 g/mol. The highest BCUT2D eigenvalue weighted by atomic mass is 79.9. The van der Waals surface area contributed by atoms with Gasteiger partial charge in [0.05, 0.1) is 4.90 Å². The molecule has 2 aliphatic carbocycles. The summed E-state index contributed by atoms with van der Waals surface area (Å²) in [4.78, 5) is 0.351. The van der Waals surface area contributed by atoms with Crippen molar-refractivity contribution in [1.82, 2.24) is 4.72 Å². The first-order valence-electron chi connectivity index (χ1n) is 6.76. The fourth-order valence-electron chi connectivity index (χ4n) is 2.55. The molecule has 0 spiro atoms. The van der Waals surface area contributed by atoms with Crippen molar-refractivity contribution < 1.29 is 8.42 Å². The third-order valence-electron chi connectivity index (χ3n) is 3.93. The Labute approximate surface area is 123 Å². The van der Waals surface area contributed by atoms with Crippen molar-refractivity contribution in [3.8, 4) is 0 Å². The maximum absolute atomic E-state index is 12.5. The van der Waals surface area contributed by atoms with Crippen LogP contribution in [0.1, 0.15) is 31.2 Å². The molecule has 0 atom stereocenters. The van der Waals surface area contributed by atoms with Crippen molar-refractivity contribution in [3.63, 3.8) is 0 Å². The quantitative estimate of drug-likeness (QED) is 0.891. The maximum atomic E-state index is 12.5. The highest BCUT2D eigenvalue weighted by molar-refractivity contribution is 9.10. The lowest BCUT2D eigenvalue weighted by Gasteiger charge is -2.18. The molecule has 0 heterocycles. The van der Waals surface area contributed by atoms with Crippen molar-refractivity contribution in [2.24, 2.45) is 11.8 Å². The molecule has 1 aromatic carbocycles. The molecule has 3 nitrogen and oxygen atoms in total. The van der Waals surface area contributed by atoms with Crippen LogP contribution in [0.4, 0.5) is 0 Å². The molecule has 0 aromatic heterocycles. The number of sulfonamides is 1. The molecule has 2 fully saturated rings. The Morgan fingerprint density at radius 1 is 1.21 bits per heavy atom. The number of rotatable bonds is 5. The second-order valence-electron chi connectivity index (χ2n) is 5.76. The van der Waals surface area contributed by atoms with E-state index in [9.17, 15) is 8.42 Å². The maximum Gasteiger partial charge on any atom is 0.241 e. The van der Waals surface area contributed by atoms with Crippen molar-refractivity contribution >= 4 is 26.0 Å². The standard InChI is InChI=1S/C14H18BrNO2S/c1-9-2-7-13(12(15)8-9)19(17,18)16-14(10-3-4-10)11-5-6-11/h2,7-8,10-11,14,16H,3-6H2,1H3. The zero-order valence-electron chi connectivity index (χ0n) is 10.9. The van der Waals surface area contributed by atoms with Crippen molar-refractivity contribution in [1.29, 1.82) is 0 Å². The zero-order chi connectivity index (χ0) is 13.6. The number of aryl methyl sites for hydroxylation is 1. The molecule has 3 rings (SSSR count). The number of hydrogen-bond acceptors (Lipinski definition) is 2. The van der Waals surface area contributed by atoms with Gasteiger partial charge in [-0.1, -0.05) is 6.07 Å². The molecular weight excluding hydrogens is 326 g/mol. The van der Waals surface area contributed by atoms with Gasteiger partial charge in [-0.2, -0.15) is 0 Å². The fraction of sp³-hybridized carbons (Fsp3) is 0.571. The van der Waals surface area contributed by atoms with E-state index in [4.69, 9.17) is 0 Å². The van der Waals surface area contributed by atoms with Gasteiger partial charge in [0, 0.05) is 10.5 Å². The smallest absolute Gasteiger partial charge is 0.207 e. The van der Waals surface area contributed by atoms with Gasteiger partial charge in [0.1, 0.15) is 0 Å². The van der Waals surface area contributed by atoms with Gasteiger partial charge in [0.2, 0.25) is 10.0 Å². The molecule has 0 radical (unpaired) electrons. The molecule has 1 aromatic rings. The number of hydrogen-bond donors (Lipinski definition) is 1. The molecule has 19 heavy (non-hydrogen) atoms. The molecule has 0 amide bonds. The third-order valence-corrected chi connectivity index (χ3v) is 6.36. The lowest BCUT2D eigenvalue weighted by molar-refractivity contribution is 0.471. The Morgan fingerprint density at radius 3 is 2.26 bits per heavy atom. The van der Waals surface area contributed by atoms with E-state index in [1.807, 2.05) is 19.1 Å². The summed E-state index contributed by atoms with van der Waals surface area (Å²) >= 11 is 3.36. The van der Waals surface area contributed by atoms with Crippen LogP contribution < -0.4 is 4.72 Å². The van der Waals surface area contributed by atoms with Gasteiger partial charge in [0.25, 0.3) is 0 Å². The summed E-state index contributed by atoms with van der Waals surface area (Å²) in [6.07, 6.45) is 4.66. The topological polar surface area (TPSA) is 46.2 Å². The van der Waals surface area contributed by atoms with E-state index in [0.29, 0.717) is 21.2 Å². The summed E-state index contributed by atoms with van der Waals surface area (Å²) in [6, 6.07) is 5.51. The normalized spacial score (nSPS) is 19.9. The average Bonchev–Trinajstić information content (AvgIpc) is 3.18. The highest BCUT2D eigenvalue weighted by Gasteiger charge is 2.43. The number of halogens is 1. The Hall–Kier alpha value is -0.390. The zero-order valence-corrected chi connectivity index (χ0v) is 13.3. The summed E-state index contributed by atoms with van der Waals surface area (Å²) in [5.74, 6) is 1.12. The van der Waals surface area contributed by atoms with E-state index in [-0.39, 0.29) is 6.04 Å². The van der Waals surface area contributed by atoms with Gasteiger partial charge in [-0.3, -0.25) is 0 Å². The van der Waals surface area contributed by atoms with Gasteiger partial charge in [-0.15, -0.1) is 0 Å².